The van der Waals surface area contributed by atoms with E-state index in [0.29, 0.717) is 11.3 Å². The molecule has 0 aliphatic heterocycles. The quantitative estimate of drug-likeness (QED) is 0.585. The zero-order valence-corrected chi connectivity index (χ0v) is 14.7. The van der Waals surface area contributed by atoms with Gasteiger partial charge in [-0.15, -0.1) is 0 Å². The summed E-state index contributed by atoms with van der Waals surface area (Å²) in [5.41, 5.74) is 5.87. The number of hydrogen-bond acceptors (Lipinski definition) is 5. The summed E-state index contributed by atoms with van der Waals surface area (Å²) in [6.45, 7) is 2.04. The molecule has 2 aromatic heterocycles. The third kappa shape index (κ3) is 2.56. The first-order valence-electron chi connectivity index (χ1n) is 8.80. The Morgan fingerprint density at radius 2 is 2.22 bits per heavy atom. The standard InChI is InChI=1S/C21H16N4O2/c1-12-6-13(9-22)7-14-2-5-18(20(12)14)27-15-3-4-17-16(8-15)21(25-24-17)19-10-23-11-26-19/h3-4,6-8,10-11,18H,2,5H2,1H3,(H,24,25)/t18-/m1/s1. The molecule has 0 unspecified atom stereocenters. The lowest BCUT2D eigenvalue weighted by molar-refractivity contribution is 0.207. The van der Waals surface area contributed by atoms with E-state index in [2.05, 4.69) is 21.3 Å². The molecule has 2 heterocycles. The number of nitrogens with one attached hydrogen (secondary N) is 1. The molecule has 0 bridgehead atoms. The van der Waals surface area contributed by atoms with E-state index < -0.39 is 0 Å². The molecule has 0 saturated heterocycles. The SMILES string of the molecule is Cc1cc(C#N)cc2c1[C@H](Oc1ccc3[nH]nc(-c4cnco4)c3c1)CC2. The molecule has 27 heavy (non-hydrogen) atoms. The summed E-state index contributed by atoms with van der Waals surface area (Å²) >= 11 is 0. The minimum atomic E-state index is -0.00850. The van der Waals surface area contributed by atoms with Crippen LogP contribution in [-0.4, -0.2) is 15.2 Å². The fraction of sp³-hybridized carbons (Fsp3) is 0.190. The molecule has 132 valence electrons. The van der Waals surface area contributed by atoms with E-state index in [9.17, 15) is 5.26 Å². The molecule has 2 aromatic carbocycles. The van der Waals surface area contributed by atoms with Crippen molar-refractivity contribution in [1.82, 2.24) is 15.2 Å². The number of nitrogens with zero attached hydrogens (tertiary/aromatic N) is 3. The van der Waals surface area contributed by atoms with Crippen molar-refractivity contribution in [2.75, 3.05) is 0 Å². The number of rotatable bonds is 3. The summed E-state index contributed by atoms with van der Waals surface area (Å²) in [7, 11) is 0. The highest BCUT2D eigenvalue weighted by atomic mass is 16.5. The Morgan fingerprint density at radius 3 is 3.04 bits per heavy atom. The summed E-state index contributed by atoms with van der Waals surface area (Å²) in [6.07, 6.45) is 4.86. The summed E-state index contributed by atoms with van der Waals surface area (Å²) in [4.78, 5) is 3.96. The molecule has 0 fully saturated rings. The van der Waals surface area contributed by atoms with E-state index in [1.165, 1.54) is 17.5 Å². The number of hydrogen-bond donors (Lipinski definition) is 1. The first-order valence-corrected chi connectivity index (χ1v) is 8.80. The molecular formula is C21H16N4O2. The smallest absolute Gasteiger partial charge is 0.181 e. The second kappa shape index (κ2) is 5.99. The van der Waals surface area contributed by atoms with Gasteiger partial charge in [-0.2, -0.15) is 10.4 Å². The first-order chi connectivity index (χ1) is 13.2. The van der Waals surface area contributed by atoms with Gasteiger partial charge in [-0.1, -0.05) is 0 Å². The van der Waals surface area contributed by atoms with Gasteiger partial charge >= 0.3 is 0 Å². The van der Waals surface area contributed by atoms with Crippen LogP contribution in [0.3, 0.4) is 0 Å². The number of aromatic amines is 1. The maximum atomic E-state index is 9.18. The number of H-pyrrole nitrogens is 1. The number of aromatic nitrogens is 3. The topological polar surface area (TPSA) is 87.7 Å². The Labute approximate surface area is 155 Å². The first kappa shape index (κ1) is 15.6. The van der Waals surface area contributed by atoms with E-state index in [0.717, 1.165) is 40.8 Å². The predicted molar refractivity (Wildman–Crippen MR) is 99.2 cm³/mol. The lowest BCUT2D eigenvalue weighted by atomic mass is 10.00. The Morgan fingerprint density at radius 1 is 1.30 bits per heavy atom. The Hall–Kier alpha value is -3.59. The van der Waals surface area contributed by atoms with Crippen molar-refractivity contribution in [3.05, 3.63) is 65.2 Å². The molecule has 4 aromatic rings. The van der Waals surface area contributed by atoms with Gasteiger partial charge in [0.15, 0.2) is 12.2 Å². The second-order valence-corrected chi connectivity index (χ2v) is 6.77. The molecule has 1 atom stereocenters. The lowest BCUT2D eigenvalue weighted by Gasteiger charge is -2.17. The van der Waals surface area contributed by atoms with Crippen LogP contribution in [0, 0.1) is 18.3 Å². The van der Waals surface area contributed by atoms with Crippen molar-refractivity contribution in [3.8, 4) is 23.3 Å². The zero-order valence-electron chi connectivity index (χ0n) is 14.7. The molecule has 6 nitrogen and oxygen atoms in total. The summed E-state index contributed by atoms with van der Waals surface area (Å²) in [5.74, 6) is 1.40. The largest absolute Gasteiger partial charge is 0.486 e. The Balaban J connectivity index is 1.50. The van der Waals surface area contributed by atoms with E-state index in [1.807, 2.05) is 37.3 Å². The van der Waals surface area contributed by atoms with Crippen LogP contribution >= 0.6 is 0 Å². The predicted octanol–water partition coefficient (Wildman–Crippen LogP) is 4.46. The minimum absolute atomic E-state index is 0.00850. The highest BCUT2D eigenvalue weighted by Crippen LogP contribution is 2.39. The number of fused-ring (bicyclic) bond motifs is 2. The highest BCUT2D eigenvalue weighted by Gasteiger charge is 2.27. The maximum absolute atomic E-state index is 9.18. The number of aryl methyl sites for hydroxylation is 2. The monoisotopic (exact) mass is 356 g/mol. The van der Waals surface area contributed by atoms with Crippen LogP contribution in [0.5, 0.6) is 5.75 Å². The normalized spacial score (nSPS) is 15.6. The van der Waals surface area contributed by atoms with E-state index in [-0.39, 0.29) is 6.10 Å². The van der Waals surface area contributed by atoms with Crippen LogP contribution in [0.25, 0.3) is 22.4 Å². The van der Waals surface area contributed by atoms with Crippen LogP contribution in [0.4, 0.5) is 0 Å². The number of ether oxygens (including phenoxy) is 1. The average Bonchev–Trinajstić information content (AvgIpc) is 3.40. The molecular weight excluding hydrogens is 340 g/mol. The van der Waals surface area contributed by atoms with Crippen molar-refractivity contribution in [1.29, 1.82) is 5.26 Å². The fourth-order valence-corrected chi connectivity index (χ4v) is 3.90. The van der Waals surface area contributed by atoms with Gasteiger partial charge in [-0.25, -0.2) is 4.98 Å². The lowest BCUT2D eigenvalue weighted by Crippen LogP contribution is -2.05. The van der Waals surface area contributed by atoms with Gasteiger partial charge in [0.2, 0.25) is 0 Å². The van der Waals surface area contributed by atoms with Crippen molar-refractivity contribution in [2.24, 2.45) is 0 Å². The van der Waals surface area contributed by atoms with Crippen LogP contribution in [0.15, 0.2) is 47.3 Å². The fourth-order valence-electron chi connectivity index (χ4n) is 3.90. The summed E-state index contributed by atoms with van der Waals surface area (Å²) < 4.78 is 11.7. The van der Waals surface area contributed by atoms with E-state index >= 15 is 0 Å². The van der Waals surface area contributed by atoms with Crippen molar-refractivity contribution in [2.45, 2.75) is 25.9 Å². The molecule has 0 saturated carbocycles. The highest BCUT2D eigenvalue weighted by molar-refractivity contribution is 5.92. The van der Waals surface area contributed by atoms with Crippen molar-refractivity contribution < 1.29 is 9.15 Å². The van der Waals surface area contributed by atoms with Crippen LogP contribution < -0.4 is 4.74 Å². The third-order valence-electron chi connectivity index (χ3n) is 5.08. The van der Waals surface area contributed by atoms with Gasteiger partial charge in [0.05, 0.1) is 23.3 Å². The molecule has 0 amide bonds. The zero-order chi connectivity index (χ0) is 18.4. The molecule has 5 rings (SSSR count). The van der Waals surface area contributed by atoms with E-state index in [1.54, 1.807) is 6.20 Å². The molecule has 1 N–H and O–H groups in total. The summed E-state index contributed by atoms with van der Waals surface area (Å²) in [6, 6.07) is 12.0. The van der Waals surface area contributed by atoms with Crippen LogP contribution in [0.1, 0.15) is 34.8 Å². The molecule has 6 heteroatoms. The number of nitriles is 1. The second-order valence-electron chi connectivity index (χ2n) is 6.77. The minimum Gasteiger partial charge on any atom is -0.486 e. The third-order valence-corrected chi connectivity index (χ3v) is 5.08. The van der Waals surface area contributed by atoms with Gasteiger partial charge in [-0.3, -0.25) is 5.10 Å². The van der Waals surface area contributed by atoms with Gasteiger partial charge in [0.1, 0.15) is 17.5 Å². The van der Waals surface area contributed by atoms with Gasteiger partial charge in [0, 0.05) is 5.39 Å². The Bertz CT molecular complexity index is 1190. The molecule has 1 aliphatic rings. The average molecular weight is 356 g/mol. The van der Waals surface area contributed by atoms with E-state index in [4.69, 9.17) is 9.15 Å². The number of oxazole rings is 1. The van der Waals surface area contributed by atoms with Gasteiger partial charge in [-0.05, 0) is 66.8 Å². The van der Waals surface area contributed by atoms with Gasteiger partial charge in [0.25, 0.3) is 0 Å². The maximum Gasteiger partial charge on any atom is 0.181 e. The van der Waals surface area contributed by atoms with Crippen molar-refractivity contribution in [3.63, 3.8) is 0 Å². The Kier molecular flexibility index (Phi) is 3.47. The van der Waals surface area contributed by atoms with Crippen molar-refractivity contribution >= 4 is 10.9 Å². The van der Waals surface area contributed by atoms with Gasteiger partial charge < -0.3 is 9.15 Å². The van der Waals surface area contributed by atoms with Crippen LogP contribution in [-0.2, 0) is 6.42 Å². The summed E-state index contributed by atoms with van der Waals surface area (Å²) in [5, 5.41) is 17.5. The number of benzene rings is 2. The molecule has 0 radical (unpaired) electrons. The van der Waals surface area contributed by atoms with Crippen LogP contribution in [0.2, 0.25) is 0 Å². The molecule has 0 spiro atoms. The molecule has 1 aliphatic carbocycles.